The first-order chi connectivity index (χ1) is 17.1. The normalized spacial score (nSPS) is 15.3. The Morgan fingerprint density at radius 3 is 2.86 bits per heavy atom. The van der Waals surface area contributed by atoms with Crippen molar-refractivity contribution in [2.45, 2.75) is 25.4 Å². The van der Waals surface area contributed by atoms with Crippen molar-refractivity contribution in [1.82, 2.24) is 9.97 Å². The minimum atomic E-state index is -0.457. The van der Waals surface area contributed by atoms with E-state index in [4.69, 9.17) is 21.1 Å². The summed E-state index contributed by atoms with van der Waals surface area (Å²) in [7, 11) is 0. The Morgan fingerprint density at radius 2 is 2.11 bits per heavy atom. The summed E-state index contributed by atoms with van der Waals surface area (Å²) < 4.78 is 12.0. The van der Waals surface area contributed by atoms with Gasteiger partial charge in [-0.05, 0) is 48.6 Å². The second kappa shape index (κ2) is 10.5. The molecule has 5 rings (SSSR count). The molecule has 1 aromatic carbocycles. The predicted octanol–water partition coefficient (Wildman–Crippen LogP) is 5.90. The van der Waals surface area contributed by atoms with Gasteiger partial charge in [-0.2, -0.15) is 0 Å². The van der Waals surface area contributed by atoms with Crippen LogP contribution < -0.4 is 20.9 Å². The van der Waals surface area contributed by atoms with Crippen molar-refractivity contribution in [2.75, 3.05) is 23.8 Å². The zero-order chi connectivity index (χ0) is 24.2. The molecule has 4 heterocycles. The van der Waals surface area contributed by atoms with Crippen LogP contribution in [0.5, 0.6) is 5.75 Å². The molecule has 4 aromatic rings. The van der Waals surface area contributed by atoms with Gasteiger partial charge in [0, 0.05) is 41.4 Å². The lowest BCUT2D eigenvalue weighted by atomic mass is 10.1. The molecule has 1 unspecified atom stereocenters. The number of aromatic amines is 1. The number of fused-ring (bicyclic) bond motifs is 1. The number of ether oxygens (including phenoxy) is 2. The number of nitrogens with zero attached hydrogens (tertiary/aromatic N) is 1. The lowest BCUT2D eigenvalue weighted by Gasteiger charge is -2.17. The molecule has 2 amide bonds. The van der Waals surface area contributed by atoms with Gasteiger partial charge >= 0.3 is 6.03 Å². The van der Waals surface area contributed by atoms with Crippen LogP contribution in [0.15, 0.2) is 59.0 Å². The maximum Gasteiger partial charge on any atom is 0.323 e. The van der Waals surface area contributed by atoms with Crippen molar-refractivity contribution >= 4 is 51.2 Å². The number of aromatic nitrogens is 2. The number of hydrogen-bond donors (Lipinski definition) is 3. The molecular weight excluding hydrogens is 488 g/mol. The van der Waals surface area contributed by atoms with Crippen molar-refractivity contribution in [2.24, 2.45) is 0 Å². The summed E-state index contributed by atoms with van der Waals surface area (Å²) in [6.07, 6.45) is 6.12. The molecular formula is C25H23ClN4O4S. The number of amides is 2. The molecule has 3 N–H and O–H groups in total. The zero-order valence-electron chi connectivity index (χ0n) is 18.7. The number of carbonyl (C=O) groups excluding carboxylic acids is 1. The lowest BCUT2D eigenvalue weighted by Crippen LogP contribution is -2.20. The molecule has 0 aliphatic carbocycles. The van der Waals surface area contributed by atoms with E-state index in [1.54, 1.807) is 36.7 Å². The molecule has 0 saturated carbocycles. The monoisotopic (exact) mass is 510 g/mol. The largest absolute Gasteiger partial charge is 0.492 e. The van der Waals surface area contributed by atoms with Crippen LogP contribution in [0.25, 0.3) is 21.3 Å². The molecule has 1 aliphatic rings. The number of benzene rings is 1. The first-order valence-electron chi connectivity index (χ1n) is 11.2. The number of nitrogens with one attached hydrogen (secondary N) is 3. The Hall–Kier alpha value is -3.40. The average Bonchev–Trinajstić information content (AvgIpc) is 3.55. The van der Waals surface area contributed by atoms with E-state index in [2.05, 4.69) is 20.6 Å². The molecule has 1 fully saturated rings. The molecule has 1 aliphatic heterocycles. The number of halogens is 1. The Labute approximate surface area is 210 Å². The molecule has 3 aromatic heterocycles. The fraction of sp³-hybridized carbons (Fsp3) is 0.240. The number of thiophene rings is 1. The minimum Gasteiger partial charge on any atom is -0.492 e. The van der Waals surface area contributed by atoms with Crippen molar-refractivity contribution in [3.63, 3.8) is 0 Å². The SMILES string of the molecule is O=C(Nc1ccncc1)Nc1cc2c(OCCC3CCCO3)c(-c3cccs3)c(=O)[nH]c2cc1Cl. The van der Waals surface area contributed by atoms with Crippen molar-refractivity contribution < 1.29 is 14.3 Å². The summed E-state index contributed by atoms with van der Waals surface area (Å²) in [5.74, 6) is 0.457. The molecule has 8 nitrogen and oxygen atoms in total. The molecule has 10 heteroatoms. The standard InChI is InChI=1S/C25H23ClN4O4S/c26-18-14-19-17(13-20(18)30-25(32)28-15-5-8-27-9-6-15)23(34-11-7-16-3-1-10-33-16)22(24(31)29-19)21-4-2-12-35-21/h2,4-6,8-9,12-14,16H,1,3,7,10-11H2,(H,29,31)(H2,27,28,30,32). The van der Waals surface area contributed by atoms with E-state index in [9.17, 15) is 9.59 Å². The van der Waals surface area contributed by atoms with Gasteiger partial charge < -0.3 is 25.1 Å². The molecule has 35 heavy (non-hydrogen) atoms. The second-order valence-corrected chi connectivity index (χ2v) is 9.46. The first kappa shape index (κ1) is 23.3. The Morgan fingerprint density at radius 1 is 1.26 bits per heavy atom. The van der Waals surface area contributed by atoms with Crippen LogP contribution in [0.4, 0.5) is 16.2 Å². The van der Waals surface area contributed by atoms with Gasteiger partial charge in [-0.1, -0.05) is 17.7 Å². The van der Waals surface area contributed by atoms with E-state index in [1.807, 2.05) is 17.5 Å². The minimum absolute atomic E-state index is 0.164. The van der Waals surface area contributed by atoms with E-state index in [-0.39, 0.29) is 16.7 Å². The molecule has 0 spiro atoms. The Kier molecular flexibility index (Phi) is 6.98. The number of H-pyrrole nitrogens is 1. The third-order valence-electron chi connectivity index (χ3n) is 5.72. The van der Waals surface area contributed by atoms with Gasteiger partial charge in [-0.25, -0.2) is 4.79 Å². The number of rotatable bonds is 7. The Bertz CT molecular complexity index is 1390. The first-order valence-corrected chi connectivity index (χ1v) is 12.5. The van der Waals surface area contributed by atoms with Crippen LogP contribution in [0.1, 0.15) is 19.3 Å². The van der Waals surface area contributed by atoms with Gasteiger partial charge in [0.2, 0.25) is 0 Å². The topological polar surface area (TPSA) is 105 Å². The van der Waals surface area contributed by atoms with Gasteiger partial charge in [0.15, 0.2) is 0 Å². The van der Waals surface area contributed by atoms with Gasteiger partial charge in [-0.3, -0.25) is 9.78 Å². The van der Waals surface area contributed by atoms with Gasteiger partial charge in [0.25, 0.3) is 5.56 Å². The zero-order valence-corrected chi connectivity index (χ0v) is 20.2. The van der Waals surface area contributed by atoms with Gasteiger partial charge in [0.05, 0.1) is 34.5 Å². The van der Waals surface area contributed by atoms with Gasteiger partial charge in [-0.15, -0.1) is 11.3 Å². The fourth-order valence-electron chi connectivity index (χ4n) is 4.06. The predicted molar refractivity (Wildman–Crippen MR) is 139 cm³/mol. The number of carbonyl (C=O) groups is 1. The quantitative estimate of drug-likeness (QED) is 0.287. The maximum absolute atomic E-state index is 13.1. The summed E-state index contributed by atoms with van der Waals surface area (Å²) in [5.41, 5.74) is 1.69. The molecule has 1 atom stereocenters. The van der Waals surface area contributed by atoms with Crippen molar-refractivity contribution in [3.8, 4) is 16.2 Å². The summed E-state index contributed by atoms with van der Waals surface area (Å²) in [4.78, 5) is 33.3. The Balaban J connectivity index is 1.50. The number of hydrogen-bond acceptors (Lipinski definition) is 6. The number of pyridine rings is 2. The van der Waals surface area contributed by atoms with E-state index < -0.39 is 6.03 Å². The van der Waals surface area contributed by atoms with Crippen LogP contribution in [0.3, 0.4) is 0 Å². The third kappa shape index (κ3) is 5.32. The smallest absolute Gasteiger partial charge is 0.323 e. The van der Waals surface area contributed by atoms with E-state index >= 15 is 0 Å². The summed E-state index contributed by atoms with van der Waals surface area (Å²) in [6.45, 7) is 1.17. The van der Waals surface area contributed by atoms with E-state index in [0.717, 1.165) is 30.7 Å². The van der Waals surface area contributed by atoms with E-state index in [1.165, 1.54) is 11.3 Å². The highest BCUT2D eigenvalue weighted by atomic mass is 35.5. The highest BCUT2D eigenvalue weighted by molar-refractivity contribution is 7.13. The maximum atomic E-state index is 13.1. The van der Waals surface area contributed by atoms with Crippen LogP contribution in [0, 0.1) is 0 Å². The third-order valence-corrected chi connectivity index (χ3v) is 6.92. The van der Waals surface area contributed by atoms with Gasteiger partial charge in [0.1, 0.15) is 5.75 Å². The summed E-state index contributed by atoms with van der Waals surface area (Å²) in [6, 6.07) is 10.0. The van der Waals surface area contributed by atoms with Crippen LogP contribution in [-0.2, 0) is 4.74 Å². The van der Waals surface area contributed by atoms with Crippen molar-refractivity contribution in [1.29, 1.82) is 0 Å². The highest BCUT2D eigenvalue weighted by Crippen LogP contribution is 2.39. The second-order valence-electron chi connectivity index (χ2n) is 8.10. The molecule has 180 valence electrons. The average molecular weight is 511 g/mol. The highest BCUT2D eigenvalue weighted by Gasteiger charge is 2.21. The van der Waals surface area contributed by atoms with Crippen LogP contribution in [0.2, 0.25) is 5.02 Å². The van der Waals surface area contributed by atoms with Crippen molar-refractivity contribution in [3.05, 3.63) is 69.5 Å². The summed E-state index contributed by atoms with van der Waals surface area (Å²) >= 11 is 7.91. The van der Waals surface area contributed by atoms with Crippen LogP contribution in [-0.4, -0.2) is 35.3 Å². The molecule has 0 bridgehead atoms. The summed E-state index contributed by atoms with van der Waals surface area (Å²) in [5, 5.41) is 8.36. The van der Waals surface area contributed by atoms with Crippen LogP contribution >= 0.6 is 22.9 Å². The van der Waals surface area contributed by atoms with E-state index in [0.29, 0.717) is 40.2 Å². The molecule has 1 saturated heterocycles. The lowest BCUT2D eigenvalue weighted by molar-refractivity contribution is 0.0906. The fourth-order valence-corrected chi connectivity index (χ4v) is 5.04. The number of anilines is 2. The number of urea groups is 1. The molecule has 0 radical (unpaired) electrons.